The molecule has 1 fully saturated rings. The lowest BCUT2D eigenvalue weighted by Gasteiger charge is -2.28. The third-order valence-corrected chi connectivity index (χ3v) is 6.52. The van der Waals surface area contributed by atoms with Crippen LogP contribution in [0.15, 0.2) is 42.5 Å². The summed E-state index contributed by atoms with van der Waals surface area (Å²) >= 11 is 0. The average molecular weight is 377 g/mol. The van der Waals surface area contributed by atoms with Gasteiger partial charge in [-0.3, -0.25) is 9.59 Å². The average Bonchev–Trinajstić information content (AvgIpc) is 3.24. The van der Waals surface area contributed by atoms with Crippen LogP contribution < -0.4 is 4.90 Å². The molecular weight excluding hydrogens is 354 g/mol. The third kappa shape index (κ3) is 4.72. The maximum Gasteiger partial charge on any atom is 0.306 e. The number of nitrogens with zero attached hydrogens (tertiary/aromatic N) is 1. The standard InChI is InChI=1S/C19H23NO5S/c21-18(13-25-19(22)12-15-6-4-5-7-15)20(16-8-2-1-3-9-16)17-10-11-26(23,24)14-17/h1-4,6,8-9,15,17H,5,7,10-14H2/t15-,17+/m0/s1. The molecule has 0 N–H and O–H groups in total. The molecule has 0 radical (unpaired) electrons. The molecular formula is C19H23NO5S. The number of allylic oxidation sites excluding steroid dienone is 2. The highest BCUT2D eigenvalue weighted by Gasteiger charge is 2.35. The van der Waals surface area contributed by atoms with Crippen molar-refractivity contribution in [1.29, 1.82) is 0 Å². The molecule has 26 heavy (non-hydrogen) atoms. The molecule has 0 saturated carbocycles. The van der Waals surface area contributed by atoms with Gasteiger partial charge in [0.1, 0.15) is 0 Å². The van der Waals surface area contributed by atoms with Crippen LogP contribution in [-0.4, -0.2) is 44.4 Å². The predicted octanol–water partition coefficient (Wildman–Crippen LogP) is 2.11. The van der Waals surface area contributed by atoms with Gasteiger partial charge in [-0.15, -0.1) is 0 Å². The lowest BCUT2D eigenvalue weighted by Crippen LogP contribution is -2.43. The highest BCUT2D eigenvalue weighted by Crippen LogP contribution is 2.25. The first-order valence-electron chi connectivity index (χ1n) is 8.84. The van der Waals surface area contributed by atoms with Crippen molar-refractivity contribution < 1.29 is 22.7 Å². The Morgan fingerprint density at radius 2 is 1.92 bits per heavy atom. The summed E-state index contributed by atoms with van der Waals surface area (Å²) in [7, 11) is -3.14. The number of rotatable bonds is 6. The zero-order chi connectivity index (χ0) is 18.6. The first-order valence-corrected chi connectivity index (χ1v) is 10.7. The van der Waals surface area contributed by atoms with Crippen LogP contribution in [0.25, 0.3) is 0 Å². The SMILES string of the molecule is O=C(C[C@H]1C=CCC1)OCC(=O)N(c1ccccc1)[C@@H]1CCS(=O)(=O)C1. The largest absolute Gasteiger partial charge is 0.456 e. The molecule has 0 spiro atoms. The van der Waals surface area contributed by atoms with Crippen LogP contribution in [0.4, 0.5) is 5.69 Å². The summed E-state index contributed by atoms with van der Waals surface area (Å²) in [5.41, 5.74) is 0.620. The van der Waals surface area contributed by atoms with Gasteiger partial charge in [-0.2, -0.15) is 0 Å². The van der Waals surface area contributed by atoms with Crippen molar-refractivity contribution in [3.05, 3.63) is 42.5 Å². The van der Waals surface area contributed by atoms with Crippen LogP contribution in [0.5, 0.6) is 0 Å². The molecule has 3 rings (SSSR count). The Balaban J connectivity index is 1.65. The van der Waals surface area contributed by atoms with E-state index in [1.54, 1.807) is 24.3 Å². The molecule has 2 aliphatic rings. The zero-order valence-electron chi connectivity index (χ0n) is 14.5. The molecule has 1 aromatic rings. The number of benzene rings is 1. The summed E-state index contributed by atoms with van der Waals surface area (Å²) in [5.74, 6) is -0.602. The number of hydrogen-bond donors (Lipinski definition) is 0. The van der Waals surface area contributed by atoms with E-state index in [4.69, 9.17) is 4.74 Å². The van der Waals surface area contributed by atoms with E-state index in [2.05, 4.69) is 0 Å². The minimum absolute atomic E-state index is 0.0611. The van der Waals surface area contributed by atoms with Gasteiger partial charge in [-0.05, 0) is 37.3 Å². The summed E-state index contributed by atoms with van der Waals surface area (Å²) in [4.78, 5) is 26.2. The van der Waals surface area contributed by atoms with Crippen LogP contribution in [0, 0.1) is 5.92 Å². The fourth-order valence-electron chi connectivity index (χ4n) is 3.48. The van der Waals surface area contributed by atoms with E-state index >= 15 is 0 Å². The Labute approximate surface area is 153 Å². The second kappa shape index (κ2) is 8.03. The first-order chi connectivity index (χ1) is 12.4. The van der Waals surface area contributed by atoms with E-state index in [0.29, 0.717) is 12.1 Å². The van der Waals surface area contributed by atoms with E-state index in [1.807, 2.05) is 18.2 Å². The van der Waals surface area contributed by atoms with E-state index in [0.717, 1.165) is 12.8 Å². The summed E-state index contributed by atoms with van der Waals surface area (Å²) in [6.45, 7) is -0.374. The highest BCUT2D eigenvalue weighted by molar-refractivity contribution is 7.91. The summed E-state index contributed by atoms with van der Waals surface area (Å²) in [5, 5.41) is 0. The molecule has 0 unspecified atom stereocenters. The minimum atomic E-state index is -3.14. The van der Waals surface area contributed by atoms with Crippen molar-refractivity contribution in [2.75, 3.05) is 23.0 Å². The number of anilines is 1. The fourth-order valence-corrected chi connectivity index (χ4v) is 5.18. The van der Waals surface area contributed by atoms with Gasteiger partial charge < -0.3 is 9.64 Å². The number of carbonyl (C=O) groups excluding carboxylic acids is 2. The molecule has 0 bridgehead atoms. The van der Waals surface area contributed by atoms with Crippen LogP contribution in [-0.2, 0) is 24.2 Å². The van der Waals surface area contributed by atoms with Crippen molar-refractivity contribution in [2.45, 2.75) is 31.7 Å². The molecule has 1 heterocycles. The topological polar surface area (TPSA) is 80.8 Å². The second-order valence-electron chi connectivity index (χ2n) is 6.79. The van der Waals surface area contributed by atoms with Crippen LogP contribution >= 0.6 is 0 Å². The Morgan fingerprint density at radius 1 is 1.15 bits per heavy atom. The van der Waals surface area contributed by atoms with Crippen molar-refractivity contribution in [3.8, 4) is 0 Å². The van der Waals surface area contributed by atoms with Crippen molar-refractivity contribution >= 4 is 27.4 Å². The number of sulfone groups is 1. The summed E-state index contributed by atoms with van der Waals surface area (Å²) in [6, 6.07) is 8.50. The van der Waals surface area contributed by atoms with E-state index in [-0.39, 0.29) is 30.5 Å². The molecule has 6 nitrogen and oxygen atoms in total. The molecule has 1 aromatic carbocycles. The molecule has 140 valence electrons. The number of ether oxygens (including phenoxy) is 1. The zero-order valence-corrected chi connectivity index (χ0v) is 15.4. The molecule has 1 aliphatic carbocycles. The quantitative estimate of drug-likeness (QED) is 0.560. The number of carbonyl (C=O) groups is 2. The smallest absolute Gasteiger partial charge is 0.306 e. The lowest BCUT2D eigenvalue weighted by atomic mass is 10.1. The maximum absolute atomic E-state index is 12.7. The first kappa shape index (κ1) is 18.6. The van der Waals surface area contributed by atoms with Gasteiger partial charge in [0.25, 0.3) is 5.91 Å². The second-order valence-corrected chi connectivity index (χ2v) is 9.02. The Hall–Kier alpha value is -2.15. The van der Waals surface area contributed by atoms with Crippen molar-refractivity contribution in [1.82, 2.24) is 0 Å². The monoisotopic (exact) mass is 377 g/mol. The molecule has 2 atom stereocenters. The predicted molar refractivity (Wildman–Crippen MR) is 98.4 cm³/mol. The summed E-state index contributed by atoms with van der Waals surface area (Å²) < 4.78 is 28.8. The molecule has 1 amide bonds. The van der Waals surface area contributed by atoms with Gasteiger partial charge >= 0.3 is 5.97 Å². The Morgan fingerprint density at radius 3 is 2.54 bits per heavy atom. The van der Waals surface area contributed by atoms with Gasteiger partial charge in [-0.1, -0.05) is 30.4 Å². The van der Waals surface area contributed by atoms with Gasteiger partial charge in [0.15, 0.2) is 16.4 Å². The number of amides is 1. The van der Waals surface area contributed by atoms with Gasteiger partial charge in [0, 0.05) is 5.69 Å². The Bertz CT molecular complexity index is 787. The van der Waals surface area contributed by atoms with E-state index in [1.165, 1.54) is 4.90 Å². The van der Waals surface area contributed by atoms with Crippen LogP contribution in [0.3, 0.4) is 0 Å². The van der Waals surface area contributed by atoms with E-state index in [9.17, 15) is 18.0 Å². The molecule has 0 aromatic heterocycles. The van der Waals surface area contributed by atoms with E-state index < -0.39 is 27.8 Å². The molecule has 1 aliphatic heterocycles. The number of esters is 1. The van der Waals surface area contributed by atoms with Crippen LogP contribution in [0.2, 0.25) is 0 Å². The van der Waals surface area contributed by atoms with Gasteiger partial charge in [-0.25, -0.2) is 8.42 Å². The normalized spacial score (nSPS) is 23.7. The maximum atomic E-state index is 12.7. The minimum Gasteiger partial charge on any atom is -0.456 e. The third-order valence-electron chi connectivity index (χ3n) is 4.77. The molecule has 7 heteroatoms. The fraction of sp³-hybridized carbons (Fsp3) is 0.474. The number of para-hydroxylation sites is 1. The van der Waals surface area contributed by atoms with Crippen LogP contribution in [0.1, 0.15) is 25.7 Å². The van der Waals surface area contributed by atoms with Gasteiger partial charge in [0.2, 0.25) is 0 Å². The Kier molecular flexibility index (Phi) is 5.76. The molecule has 1 saturated heterocycles. The number of hydrogen-bond acceptors (Lipinski definition) is 5. The van der Waals surface area contributed by atoms with Crippen molar-refractivity contribution in [2.24, 2.45) is 5.92 Å². The lowest BCUT2D eigenvalue weighted by molar-refractivity contribution is -0.148. The summed E-state index contributed by atoms with van der Waals surface area (Å²) in [6.07, 6.45) is 6.61. The van der Waals surface area contributed by atoms with Crippen molar-refractivity contribution in [3.63, 3.8) is 0 Å². The van der Waals surface area contributed by atoms with Gasteiger partial charge in [0.05, 0.1) is 24.0 Å². The highest BCUT2D eigenvalue weighted by atomic mass is 32.2.